The number of benzene rings is 2. The molecule has 1 amide bonds. The predicted molar refractivity (Wildman–Crippen MR) is 99.5 cm³/mol. The second-order valence-corrected chi connectivity index (χ2v) is 6.15. The lowest BCUT2D eigenvalue weighted by atomic mass is 10.1. The molecule has 0 bridgehead atoms. The Morgan fingerprint density at radius 3 is 2.33 bits per heavy atom. The smallest absolute Gasteiger partial charge is 0.228 e. The van der Waals surface area contributed by atoms with E-state index in [1.54, 1.807) is 0 Å². The SMILES string of the molecule is CCN1CCN(c2ccccc2NC(=O)Cc2ccccc2)CC1. The maximum absolute atomic E-state index is 12.4. The van der Waals surface area contributed by atoms with E-state index in [1.165, 1.54) is 0 Å². The normalized spacial score (nSPS) is 15.3. The minimum absolute atomic E-state index is 0.0286. The van der Waals surface area contributed by atoms with Gasteiger partial charge in [-0.2, -0.15) is 0 Å². The molecule has 24 heavy (non-hydrogen) atoms. The van der Waals surface area contributed by atoms with E-state index in [-0.39, 0.29) is 5.91 Å². The van der Waals surface area contributed by atoms with Gasteiger partial charge in [-0.25, -0.2) is 0 Å². The Hall–Kier alpha value is -2.33. The molecular formula is C20H25N3O. The van der Waals surface area contributed by atoms with Crippen LogP contribution in [0.3, 0.4) is 0 Å². The molecule has 1 N–H and O–H groups in total. The van der Waals surface area contributed by atoms with Crippen LogP contribution in [0.4, 0.5) is 11.4 Å². The fourth-order valence-corrected chi connectivity index (χ4v) is 3.14. The monoisotopic (exact) mass is 323 g/mol. The average molecular weight is 323 g/mol. The molecular weight excluding hydrogens is 298 g/mol. The summed E-state index contributed by atoms with van der Waals surface area (Å²) in [6, 6.07) is 18.0. The van der Waals surface area contributed by atoms with Crippen LogP contribution in [0, 0.1) is 0 Å². The van der Waals surface area contributed by atoms with E-state index in [2.05, 4.69) is 28.1 Å². The molecule has 2 aromatic carbocycles. The number of carbonyl (C=O) groups excluding carboxylic acids is 1. The Balaban J connectivity index is 1.67. The maximum atomic E-state index is 12.4. The minimum Gasteiger partial charge on any atom is -0.367 e. The van der Waals surface area contributed by atoms with Crippen LogP contribution in [-0.2, 0) is 11.2 Å². The molecule has 0 radical (unpaired) electrons. The molecule has 4 heteroatoms. The van der Waals surface area contributed by atoms with Crippen molar-refractivity contribution in [2.24, 2.45) is 0 Å². The fraction of sp³-hybridized carbons (Fsp3) is 0.350. The Kier molecular flexibility index (Phi) is 5.49. The number of carbonyl (C=O) groups is 1. The first-order chi connectivity index (χ1) is 11.8. The Morgan fingerprint density at radius 2 is 1.62 bits per heavy atom. The number of likely N-dealkylation sites (N-methyl/N-ethyl adjacent to an activating group) is 1. The quantitative estimate of drug-likeness (QED) is 0.919. The molecule has 1 aliphatic rings. The second kappa shape index (κ2) is 7.97. The van der Waals surface area contributed by atoms with Crippen LogP contribution in [-0.4, -0.2) is 43.5 Å². The molecule has 0 saturated carbocycles. The molecule has 1 fully saturated rings. The van der Waals surface area contributed by atoms with Crippen LogP contribution < -0.4 is 10.2 Å². The second-order valence-electron chi connectivity index (χ2n) is 6.15. The average Bonchev–Trinajstić information content (AvgIpc) is 2.63. The Bertz CT molecular complexity index is 664. The van der Waals surface area contributed by atoms with Crippen molar-refractivity contribution in [3.8, 4) is 0 Å². The summed E-state index contributed by atoms with van der Waals surface area (Å²) in [6.07, 6.45) is 0.402. The van der Waals surface area contributed by atoms with Gasteiger partial charge in [0.25, 0.3) is 0 Å². The Labute approximate surface area is 144 Å². The zero-order chi connectivity index (χ0) is 16.8. The van der Waals surface area contributed by atoms with Crippen molar-refractivity contribution in [2.45, 2.75) is 13.3 Å². The van der Waals surface area contributed by atoms with Crippen molar-refractivity contribution < 1.29 is 4.79 Å². The van der Waals surface area contributed by atoms with Gasteiger partial charge in [-0.3, -0.25) is 4.79 Å². The number of nitrogens with zero attached hydrogens (tertiary/aromatic N) is 2. The van der Waals surface area contributed by atoms with Crippen LogP contribution in [0.1, 0.15) is 12.5 Å². The minimum atomic E-state index is 0.0286. The lowest BCUT2D eigenvalue weighted by Gasteiger charge is -2.36. The van der Waals surface area contributed by atoms with Gasteiger partial charge in [0.05, 0.1) is 17.8 Å². The molecule has 0 aromatic heterocycles. The molecule has 0 aliphatic carbocycles. The van der Waals surface area contributed by atoms with Gasteiger partial charge in [-0.1, -0.05) is 49.4 Å². The predicted octanol–water partition coefficient (Wildman–Crippen LogP) is 3.01. The fourth-order valence-electron chi connectivity index (χ4n) is 3.14. The third-order valence-electron chi connectivity index (χ3n) is 4.55. The number of piperazine rings is 1. The molecule has 3 rings (SSSR count). The third kappa shape index (κ3) is 4.15. The highest BCUT2D eigenvalue weighted by atomic mass is 16.1. The summed E-state index contributed by atoms with van der Waals surface area (Å²) in [7, 11) is 0. The molecule has 0 unspecified atom stereocenters. The first-order valence-corrected chi connectivity index (χ1v) is 8.66. The van der Waals surface area contributed by atoms with Crippen LogP contribution >= 0.6 is 0 Å². The highest BCUT2D eigenvalue weighted by Gasteiger charge is 2.18. The summed E-state index contributed by atoms with van der Waals surface area (Å²) in [5.41, 5.74) is 3.06. The van der Waals surface area contributed by atoms with Gasteiger partial charge >= 0.3 is 0 Å². The zero-order valence-corrected chi connectivity index (χ0v) is 14.2. The molecule has 2 aromatic rings. The highest BCUT2D eigenvalue weighted by Crippen LogP contribution is 2.26. The first-order valence-electron chi connectivity index (χ1n) is 8.66. The van der Waals surface area contributed by atoms with Crippen molar-refractivity contribution in [2.75, 3.05) is 42.9 Å². The van der Waals surface area contributed by atoms with Crippen molar-refractivity contribution in [3.63, 3.8) is 0 Å². The van der Waals surface area contributed by atoms with Crippen LogP contribution in [0.5, 0.6) is 0 Å². The van der Waals surface area contributed by atoms with Gasteiger partial charge in [0.1, 0.15) is 0 Å². The van der Waals surface area contributed by atoms with Crippen LogP contribution in [0.25, 0.3) is 0 Å². The van der Waals surface area contributed by atoms with E-state index in [0.29, 0.717) is 6.42 Å². The van der Waals surface area contributed by atoms with Gasteiger partial charge in [0, 0.05) is 26.2 Å². The topological polar surface area (TPSA) is 35.6 Å². The molecule has 126 valence electrons. The standard InChI is InChI=1S/C20H25N3O/c1-2-22-12-14-23(15-13-22)19-11-7-6-10-18(19)21-20(24)16-17-8-4-3-5-9-17/h3-11H,2,12-16H2,1H3,(H,21,24). The lowest BCUT2D eigenvalue weighted by Crippen LogP contribution is -2.46. The van der Waals surface area contributed by atoms with E-state index in [9.17, 15) is 4.79 Å². The largest absolute Gasteiger partial charge is 0.367 e. The summed E-state index contributed by atoms with van der Waals surface area (Å²) >= 11 is 0. The van der Waals surface area contributed by atoms with Crippen LogP contribution in [0.2, 0.25) is 0 Å². The van der Waals surface area contributed by atoms with Crippen LogP contribution in [0.15, 0.2) is 54.6 Å². The van der Waals surface area contributed by atoms with Crippen molar-refractivity contribution in [1.82, 2.24) is 4.90 Å². The number of hydrogen-bond acceptors (Lipinski definition) is 3. The van der Waals surface area contributed by atoms with Gasteiger partial charge in [-0.05, 0) is 24.2 Å². The maximum Gasteiger partial charge on any atom is 0.228 e. The number of para-hydroxylation sites is 2. The first kappa shape index (κ1) is 16.5. The van der Waals surface area contributed by atoms with Gasteiger partial charge in [0.2, 0.25) is 5.91 Å². The zero-order valence-electron chi connectivity index (χ0n) is 14.2. The summed E-state index contributed by atoms with van der Waals surface area (Å²) in [6.45, 7) is 7.45. The van der Waals surface area contributed by atoms with Crippen molar-refractivity contribution in [3.05, 3.63) is 60.2 Å². The van der Waals surface area contributed by atoms with E-state index >= 15 is 0 Å². The molecule has 0 atom stereocenters. The van der Waals surface area contributed by atoms with Crippen molar-refractivity contribution >= 4 is 17.3 Å². The molecule has 1 heterocycles. The highest BCUT2D eigenvalue weighted by molar-refractivity contribution is 5.95. The summed E-state index contributed by atoms with van der Waals surface area (Å²) < 4.78 is 0. The van der Waals surface area contributed by atoms with Gasteiger partial charge in [-0.15, -0.1) is 0 Å². The third-order valence-corrected chi connectivity index (χ3v) is 4.55. The molecule has 1 aliphatic heterocycles. The number of nitrogens with one attached hydrogen (secondary N) is 1. The molecule has 1 saturated heterocycles. The van der Waals surface area contributed by atoms with E-state index in [4.69, 9.17) is 0 Å². The summed E-state index contributed by atoms with van der Waals surface area (Å²) in [4.78, 5) is 17.2. The summed E-state index contributed by atoms with van der Waals surface area (Å²) in [5.74, 6) is 0.0286. The number of amides is 1. The van der Waals surface area contributed by atoms with Gasteiger partial charge < -0.3 is 15.1 Å². The number of rotatable bonds is 5. The van der Waals surface area contributed by atoms with E-state index in [1.807, 2.05) is 48.5 Å². The van der Waals surface area contributed by atoms with E-state index in [0.717, 1.165) is 49.7 Å². The lowest BCUT2D eigenvalue weighted by molar-refractivity contribution is -0.115. The molecule has 0 spiro atoms. The Morgan fingerprint density at radius 1 is 0.958 bits per heavy atom. The van der Waals surface area contributed by atoms with Crippen molar-refractivity contribution in [1.29, 1.82) is 0 Å². The number of anilines is 2. The van der Waals surface area contributed by atoms with Gasteiger partial charge in [0.15, 0.2) is 0 Å². The van der Waals surface area contributed by atoms with E-state index < -0.39 is 0 Å². The number of hydrogen-bond donors (Lipinski definition) is 1. The molecule has 4 nitrogen and oxygen atoms in total. The summed E-state index contributed by atoms with van der Waals surface area (Å²) in [5, 5.41) is 3.09.